The number of benzene rings is 1. The Morgan fingerprint density at radius 3 is 3.16 bits per heavy atom. The molecule has 1 aliphatic heterocycles. The SMILES string of the molecule is CCCn1nncc1CC1CNCc2ccccc21. The van der Waals surface area contributed by atoms with Gasteiger partial charge in [-0.05, 0) is 24.0 Å². The van der Waals surface area contributed by atoms with E-state index in [0.717, 1.165) is 32.5 Å². The molecule has 3 rings (SSSR count). The second-order valence-corrected chi connectivity index (χ2v) is 5.18. The van der Waals surface area contributed by atoms with E-state index >= 15 is 0 Å². The van der Waals surface area contributed by atoms with Gasteiger partial charge in [0.15, 0.2) is 0 Å². The van der Waals surface area contributed by atoms with Crippen LogP contribution >= 0.6 is 0 Å². The summed E-state index contributed by atoms with van der Waals surface area (Å²) in [7, 11) is 0. The van der Waals surface area contributed by atoms with Gasteiger partial charge in [-0.25, -0.2) is 4.68 Å². The fourth-order valence-electron chi connectivity index (χ4n) is 2.86. The number of aromatic nitrogens is 3. The molecule has 0 spiro atoms. The van der Waals surface area contributed by atoms with Gasteiger partial charge in [-0.1, -0.05) is 36.4 Å². The first kappa shape index (κ1) is 12.4. The highest BCUT2D eigenvalue weighted by Crippen LogP contribution is 2.26. The van der Waals surface area contributed by atoms with E-state index in [1.807, 2.05) is 10.9 Å². The van der Waals surface area contributed by atoms with E-state index in [1.54, 1.807) is 0 Å². The van der Waals surface area contributed by atoms with Gasteiger partial charge in [0.05, 0.1) is 11.9 Å². The van der Waals surface area contributed by atoms with E-state index in [2.05, 4.69) is 46.8 Å². The summed E-state index contributed by atoms with van der Waals surface area (Å²) in [4.78, 5) is 0. The van der Waals surface area contributed by atoms with Crippen molar-refractivity contribution in [3.8, 4) is 0 Å². The average molecular weight is 256 g/mol. The minimum atomic E-state index is 0.527. The molecular formula is C15H20N4. The predicted octanol–water partition coefficient (Wildman–Crippen LogP) is 2.12. The molecule has 0 saturated carbocycles. The molecule has 100 valence electrons. The Kier molecular flexibility index (Phi) is 3.60. The summed E-state index contributed by atoms with van der Waals surface area (Å²) in [5, 5.41) is 11.7. The van der Waals surface area contributed by atoms with Crippen LogP contribution in [0.2, 0.25) is 0 Å². The Labute approximate surface area is 113 Å². The van der Waals surface area contributed by atoms with Crippen LogP contribution in [0.5, 0.6) is 0 Å². The van der Waals surface area contributed by atoms with Gasteiger partial charge >= 0.3 is 0 Å². The zero-order valence-electron chi connectivity index (χ0n) is 11.3. The number of hydrogen-bond acceptors (Lipinski definition) is 3. The molecule has 0 bridgehead atoms. The number of fused-ring (bicyclic) bond motifs is 1. The highest BCUT2D eigenvalue weighted by Gasteiger charge is 2.21. The van der Waals surface area contributed by atoms with Crippen molar-refractivity contribution in [1.82, 2.24) is 20.3 Å². The zero-order chi connectivity index (χ0) is 13.1. The first-order valence-electron chi connectivity index (χ1n) is 7.04. The largest absolute Gasteiger partial charge is 0.312 e. The fourth-order valence-corrected chi connectivity index (χ4v) is 2.86. The maximum atomic E-state index is 4.17. The van der Waals surface area contributed by atoms with Crippen LogP contribution in [-0.2, 0) is 19.5 Å². The topological polar surface area (TPSA) is 42.7 Å². The van der Waals surface area contributed by atoms with Crippen molar-refractivity contribution in [3.05, 3.63) is 47.3 Å². The highest BCUT2D eigenvalue weighted by molar-refractivity contribution is 5.33. The van der Waals surface area contributed by atoms with Crippen molar-refractivity contribution in [2.24, 2.45) is 0 Å². The van der Waals surface area contributed by atoms with Crippen LogP contribution in [-0.4, -0.2) is 21.5 Å². The molecule has 1 aliphatic rings. The quantitative estimate of drug-likeness (QED) is 0.911. The van der Waals surface area contributed by atoms with Gasteiger partial charge < -0.3 is 5.32 Å². The predicted molar refractivity (Wildman–Crippen MR) is 74.9 cm³/mol. The lowest BCUT2D eigenvalue weighted by Gasteiger charge is -2.26. The van der Waals surface area contributed by atoms with Crippen LogP contribution in [0.15, 0.2) is 30.5 Å². The maximum Gasteiger partial charge on any atom is 0.0725 e. The molecule has 1 unspecified atom stereocenters. The molecule has 4 nitrogen and oxygen atoms in total. The van der Waals surface area contributed by atoms with E-state index in [9.17, 15) is 0 Å². The normalized spacial score (nSPS) is 18.3. The molecule has 0 saturated heterocycles. The molecule has 0 radical (unpaired) electrons. The summed E-state index contributed by atoms with van der Waals surface area (Å²) < 4.78 is 2.04. The van der Waals surface area contributed by atoms with Crippen molar-refractivity contribution in [3.63, 3.8) is 0 Å². The lowest BCUT2D eigenvalue weighted by Crippen LogP contribution is -2.29. The summed E-state index contributed by atoms with van der Waals surface area (Å²) in [5.41, 5.74) is 4.14. The van der Waals surface area contributed by atoms with Gasteiger partial charge in [-0.2, -0.15) is 0 Å². The molecule has 1 atom stereocenters. The molecule has 4 heteroatoms. The van der Waals surface area contributed by atoms with E-state index in [0.29, 0.717) is 5.92 Å². The first-order chi connectivity index (χ1) is 9.38. The monoisotopic (exact) mass is 256 g/mol. The number of hydrogen-bond donors (Lipinski definition) is 1. The molecule has 19 heavy (non-hydrogen) atoms. The van der Waals surface area contributed by atoms with E-state index in [4.69, 9.17) is 0 Å². The lowest BCUT2D eigenvalue weighted by molar-refractivity contribution is 0.502. The third-order valence-corrected chi connectivity index (χ3v) is 3.79. The lowest BCUT2D eigenvalue weighted by atomic mass is 9.88. The summed E-state index contributed by atoms with van der Waals surface area (Å²) in [5.74, 6) is 0.527. The third kappa shape index (κ3) is 2.54. The Morgan fingerprint density at radius 2 is 2.26 bits per heavy atom. The summed E-state index contributed by atoms with van der Waals surface area (Å²) in [6, 6.07) is 8.73. The number of aryl methyl sites for hydroxylation is 1. The van der Waals surface area contributed by atoms with Crippen LogP contribution < -0.4 is 5.32 Å². The van der Waals surface area contributed by atoms with Gasteiger partial charge in [0.25, 0.3) is 0 Å². The van der Waals surface area contributed by atoms with Gasteiger partial charge in [0.1, 0.15) is 0 Å². The van der Waals surface area contributed by atoms with Crippen molar-refractivity contribution >= 4 is 0 Å². The molecule has 1 aromatic heterocycles. The molecule has 0 fully saturated rings. The van der Waals surface area contributed by atoms with E-state index in [-0.39, 0.29) is 0 Å². The molecule has 1 N–H and O–H groups in total. The zero-order valence-corrected chi connectivity index (χ0v) is 11.3. The van der Waals surface area contributed by atoms with Crippen molar-refractivity contribution in [2.75, 3.05) is 6.54 Å². The van der Waals surface area contributed by atoms with E-state index < -0.39 is 0 Å². The summed E-state index contributed by atoms with van der Waals surface area (Å²) in [6.07, 6.45) is 4.01. The second-order valence-electron chi connectivity index (χ2n) is 5.18. The van der Waals surface area contributed by atoms with Crippen LogP contribution in [0, 0.1) is 0 Å². The van der Waals surface area contributed by atoms with Crippen molar-refractivity contribution in [2.45, 2.75) is 38.8 Å². The average Bonchev–Trinajstić information content (AvgIpc) is 2.87. The molecule has 0 amide bonds. The number of nitrogens with zero attached hydrogens (tertiary/aromatic N) is 3. The summed E-state index contributed by atoms with van der Waals surface area (Å²) in [6.45, 7) is 5.15. The molecule has 2 heterocycles. The van der Waals surface area contributed by atoms with Crippen LogP contribution in [0.1, 0.15) is 36.1 Å². The standard InChI is InChI=1S/C15H20N4/c1-2-7-19-14(11-17-18-19)8-13-10-16-9-12-5-3-4-6-15(12)13/h3-6,11,13,16H,2,7-10H2,1H3. The molecule has 2 aromatic rings. The molecule has 1 aromatic carbocycles. The first-order valence-corrected chi connectivity index (χ1v) is 7.04. The van der Waals surface area contributed by atoms with Gasteiger partial charge in [0, 0.05) is 25.6 Å². The highest BCUT2D eigenvalue weighted by atomic mass is 15.4. The van der Waals surface area contributed by atoms with Crippen molar-refractivity contribution < 1.29 is 0 Å². The summed E-state index contributed by atoms with van der Waals surface area (Å²) >= 11 is 0. The van der Waals surface area contributed by atoms with Gasteiger partial charge in [-0.15, -0.1) is 5.10 Å². The Balaban J connectivity index is 1.82. The van der Waals surface area contributed by atoms with Crippen LogP contribution in [0.3, 0.4) is 0 Å². The third-order valence-electron chi connectivity index (χ3n) is 3.79. The number of rotatable bonds is 4. The van der Waals surface area contributed by atoms with Crippen LogP contribution in [0.4, 0.5) is 0 Å². The fraction of sp³-hybridized carbons (Fsp3) is 0.467. The van der Waals surface area contributed by atoms with Gasteiger partial charge in [0.2, 0.25) is 0 Å². The smallest absolute Gasteiger partial charge is 0.0725 e. The number of nitrogens with one attached hydrogen (secondary N) is 1. The Bertz CT molecular complexity index is 547. The maximum absolute atomic E-state index is 4.17. The van der Waals surface area contributed by atoms with Gasteiger partial charge in [-0.3, -0.25) is 0 Å². The van der Waals surface area contributed by atoms with E-state index in [1.165, 1.54) is 16.8 Å². The molecular weight excluding hydrogens is 236 g/mol. The minimum Gasteiger partial charge on any atom is -0.312 e. The Morgan fingerprint density at radius 1 is 1.37 bits per heavy atom. The minimum absolute atomic E-state index is 0.527. The molecule has 0 aliphatic carbocycles. The second kappa shape index (κ2) is 5.53. The van der Waals surface area contributed by atoms with Crippen LogP contribution in [0.25, 0.3) is 0 Å². The Hall–Kier alpha value is -1.68. The van der Waals surface area contributed by atoms with Crippen molar-refractivity contribution in [1.29, 1.82) is 0 Å².